The summed E-state index contributed by atoms with van der Waals surface area (Å²) in [5.74, 6) is -1.11. The van der Waals surface area contributed by atoms with E-state index in [1.54, 1.807) is 6.92 Å². The first-order valence-electron chi connectivity index (χ1n) is 5.02. The molecule has 0 aromatic carbocycles. The topological polar surface area (TPSA) is 52.6 Å². The maximum absolute atomic E-state index is 11.6. The van der Waals surface area contributed by atoms with E-state index in [1.807, 2.05) is 6.92 Å². The van der Waals surface area contributed by atoms with Gasteiger partial charge >= 0.3 is 5.97 Å². The maximum atomic E-state index is 11.6. The van der Waals surface area contributed by atoms with Gasteiger partial charge in [-0.15, -0.1) is 0 Å². The first kappa shape index (κ1) is 11.2. The van der Waals surface area contributed by atoms with Gasteiger partial charge in [0.1, 0.15) is 12.0 Å². The standard InChI is InChI=1S/C10H16O4/c1-3-13-8-6-5-7(9(8)11)10(12)14-4-2/h7-8H,3-6H2,1-2H3. The van der Waals surface area contributed by atoms with E-state index in [-0.39, 0.29) is 5.78 Å². The van der Waals surface area contributed by atoms with Crippen LogP contribution in [-0.2, 0) is 19.1 Å². The third kappa shape index (κ3) is 2.32. The fourth-order valence-electron chi connectivity index (χ4n) is 1.67. The minimum atomic E-state index is -0.591. The second kappa shape index (κ2) is 5.10. The van der Waals surface area contributed by atoms with Crippen LogP contribution in [-0.4, -0.2) is 31.1 Å². The van der Waals surface area contributed by atoms with E-state index < -0.39 is 18.0 Å². The van der Waals surface area contributed by atoms with E-state index in [0.717, 1.165) is 0 Å². The van der Waals surface area contributed by atoms with Crippen molar-refractivity contribution in [2.24, 2.45) is 5.92 Å². The Balaban J connectivity index is 2.50. The Morgan fingerprint density at radius 3 is 2.64 bits per heavy atom. The van der Waals surface area contributed by atoms with Crippen LogP contribution in [0.4, 0.5) is 0 Å². The van der Waals surface area contributed by atoms with Crippen LogP contribution in [0, 0.1) is 5.92 Å². The molecule has 0 aliphatic heterocycles. The highest BCUT2D eigenvalue weighted by Gasteiger charge is 2.40. The van der Waals surface area contributed by atoms with Crippen molar-refractivity contribution in [3.05, 3.63) is 0 Å². The molecule has 2 unspecified atom stereocenters. The molecule has 1 aliphatic carbocycles. The van der Waals surface area contributed by atoms with E-state index in [1.165, 1.54) is 0 Å². The molecule has 0 aromatic heterocycles. The molecule has 0 N–H and O–H groups in total. The molecule has 4 heteroatoms. The van der Waals surface area contributed by atoms with Gasteiger partial charge < -0.3 is 9.47 Å². The summed E-state index contributed by atoms with van der Waals surface area (Å²) in [5, 5.41) is 0. The summed E-state index contributed by atoms with van der Waals surface area (Å²) in [7, 11) is 0. The molecule has 4 nitrogen and oxygen atoms in total. The summed E-state index contributed by atoms with van der Waals surface area (Å²) in [6.07, 6.45) is 0.799. The van der Waals surface area contributed by atoms with Crippen LogP contribution in [0.25, 0.3) is 0 Å². The summed E-state index contributed by atoms with van der Waals surface area (Å²) in [6.45, 7) is 4.40. The molecule has 14 heavy (non-hydrogen) atoms. The van der Waals surface area contributed by atoms with Crippen LogP contribution in [0.15, 0.2) is 0 Å². The average molecular weight is 200 g/mol. The number of carbonyl (C=O) groups excluding carboxylic acids is 2. The Kier molecular flexibility index (Phi) is 4.07. The average Bonchev–Trinajstić information content (AvgIpc) is 2.49. The van der Waals surface area contributed by atoms with Crippen molar-refractivity contribution in [3.63, 3.8) is 0 Å². The first-order chi connectivity index (χ1) is 6.70. The van der Waals surface area contributed by atoms with Crippen molar-refractivity contribution >= 4 is 11.8 Å². The van der Waals surface area contributed by atoms with Gasteiger partial charge in [0.25, 0.3) is 0 Å². The van der Waals surface area contributed by atoms with Gasteiger partial charge in [0.2, 0.25) is 0 Å². The smallest absolute Gasteiger partial charge is 0.316 e. The van der Waals surface area contributed by atoms with Crippen molar-refractivity contribution in [1.82, 2.24) is 0 Å². The zero-order chi connectivity index (χ0) is 10.6. The predicted octanol–water partition coefficient (Wildman–Crippen LogP) is 0.934. The van der Waals surface area contributed by atoms with Crippen molar-refractivity contribution in [2.75, 3.05) is 13.2 Å². The van der Waals surface area contributed by atoms with Crippen molar-refractivity contribution in [3.8, 4) is 0 Å². The molecule has 1 fully saturated rings. The Morgan fingerprint density at radius 1 is 1.36 bits per heavy atom. The summed E-state index contributed by atoms with van der Waals surface area (Å²) < 4.78 is 10.0. The van der Waals surface area contributed by atoms with Crippen molar-refractivity contribution in [2.45, 2.75) is 32.8 Å². The molecule has 1 saturated carbocycles. The van der Waals surface area contributed by atoms with E-state index >= 15 is 0 Å². The van der Waals surface area contributed by atoms with E-state index in [4.69, 9.17) is 9.47 Å². The number of hydrogen-bond donors (Lipinski definition) is 0. The molecule has 0 amide bonds. The highest BCUT2D eigenvalue weighted by atomic mass is 16.5. The van der Waals surface area contributed by atoms with Gasteiger partial charge in [0, 0.05) is 6.61 Å². The lowest BCUT2D eigenvalue weighted by Crippen LogP contribution is -2.28. The third-order valence-corrected chi connectivity index (χ3v) is 2.32. The van der Waals surface area contributed by atoms with E-state index in [0.29, 0.717) is 26.1 Å². The molecule has 0 saturated heterocycles. The number of esters is 1. The van der Waals surface area contributed by atoms with Crippen LogP contribution in [0.1, 0.15) is 26.7 Å². The van der Waals surface area contributed by atoms with Gasteiger partial charge in [-0.2, -0.15) is 0 Å². The van der Waals surface area contributed by atoms with Gasteiger partial charge in [0.15, 0.2) is 5.78 Å². The van der Waals surface area contributed by atoms with Gasteiger partial charge in [0.05, 0.1) is 6.61 Å². The van der Waals surface area contributed by atoms with E-state index in [9.17, 15) is 9.59 Å². The number of carbonyl (C=O) groups is 2. The second-order valence-electron chi connectivity index (χ2n) is 3.23. The van der Waals surface area contributed by atoms with Crippen LogP contribution >= 0.6 is 0 Å². The molecule has 1 rings (SSSR count). The largest absolute Gasteiger partial charge is 0.465 e. The Morgan fingerprint density at radius 2 is 2.07 bits per heavy atom. The second-order valence-corrected chi connectivity index (χ2v) is 3.23. The normalized spacial score (nSPS) is 26.6. The molecular formula is C10H16O4. The summed E-state index contributed by atoms with van der Waals surface area (Å²) in [6, 6.07) is 0. The lowest BCUT2D eigenvalue weighted by atomic mass is 10.1. The number of rotatable bonds is 4. The SMILES string of the molecule is CCOC(=O)C1CCC(OCC)C1=O. The summed E-state index contributed by atoms with van der Waals surface area (Å²) in [4.78, 5) is 22.9. The fourth-order valence-corrected chi connectivity index (χ4v) is 1.67. The maximum Gasteiger partial charge on any atom is 0.316 e. The van der Waals surface area contributed by atoms with E-state index in [2.05, 4.69) is 0 Å². The summed E-state index contributed by atoms with van der Waals surface area (Å²) >= 11 is 0. The minimum Gasteiger partial charge on any atom is -0.465 e. The number of ether oxygens (including phenoxy) is 2. The quantitative estimate of drug-likeness (QED) is 0.500. The van der Waals surface area contributed by atoms with Crippen molar-refractivity contribution < 1.29 is 19.1 Å². The first-order valence-corrected chi connectivity index (χ1v) is 5.02. The van der Waals surface area contributed by atoms with Crippen LogP contribution < -0.4 is 0 Å². The minimum absolute atomic E-state index is 0.120. The zero-order valence-corrected chi connectivity index (χ0v) is 8.62. The lowest BCUT2D eigenvalue weighted by molar-refractivity contribution is -0.152. The van der Waals surface area contributed by atoms with Gasteiger partial charge in [-0.25, -0.2) is 0 Å². The predicted molar refractivity (Wildman–Crippen MR) is 49.8 cm³/mol. The van der Waals surface area contributed by atoms with Crippen LogP contribution in [0.3, 0.4) is 0 Å². The molecule has 1 aliphatic rings. The van der Waals surface area contributed by atoms with Gasteiger partial charge in [-0.1, -0.05) is 0 Å². The highest BCUT2D eigenvalue weighted by molar-refractivity contribution is 6.02. The lowest BCUT2D eigenvalue weighted by Gasteiger charge is -2.09. The van der Waals surface area contributed by atoms with Gasteiger partial charge in [-0.05, 0) is 26.7 Å². The molecule has 0 heterocycles. The number of hydrogen-bond acceptors (Lipinski definition) is 4. The summed E-state index contributed by atoms with van der Waals surface area (Å²) in [5.41, 5.74) is 0. The number of Topliss-reactive ketones (excluding diaryl/α,β-unsaturated/α-hetero) is 1. The molecule has 2 atom stereocenters. The molecule has 80 valence electrons. The Bertz CT molecular complexity index is 224. The molecule has 0 radical (unpaired) electrons. The van der Waals surface area contributed by atoms with Crippen LogP contribution in [0.2, 0.25) is 0 Å². The highest BCUT2D eigenvalue weighted by Crippen LogP contribution is 2.25. The van der Waals surface area contributed by atoms with Gasteiger partial charge in [-0.3, -0.25) is 9.59 Å². The zero-order valence-electron chi connectivity index (χ0n) is 8.62. The molecule has 0 bridgehead atoms. The fraction of sp³-hybridized carbons (Fsp3) is 0.800. The molecular weight excluding hydrogens is 184 g/mol. The van der Waals surface area contributed by atoms with Crippen molar-refractivity contribution in [1.29, 1.82) is 0 Å². The number of ketones is 1. The van der Waals surface area contributed by atoms with Crippen LogP contribution in [0.5, 0.6) is 0 Å². The molecule has 0 aromatic rings. The Hall–Kier alpha value is -0.900. The Labute approximate surface area is 83.6 Å². The third-order valence-electron chi connectivity index (χ3n) is 2.32. The molecule has 0 spiro atoms. The monoisotopic (exact) mass is 200 g/mol.